The van der Waals surface area contributed by atoms with Gasteiger partial charge in [-0.15, -0.1) is 0 Å². The van der Waals surface area contributed by atoms with Crippen LogP contribution in [-0.4, -0.2) is 27.6 Å². The number of anilines is 1. The minimum absolute atomic E-state index is 0.142. The summed E-state index contributed by atoms with van der Waals surface area (Å²) in [6, 6.07) is 7.30. The summed E-state index contributed by atoms with van der Waals surface area (Å²) in [6.45, 7) is 0.514. The lowest BCUT2D eigenvalue weighted by Crippen LogP contribution is -2.23. The normalized spacial score (nSPS) is 10.7. The first-order valence-electron chi connectivity index (χ1n) is 5.90. The molecular formula is C13H15N5O. The number of H-pyrrole nitrogens is 1. The van der Waals surface area contributed by atoms with Gasteiger partial charge in [-0.05, 0) is 23.8 Å². The molecule has 0 aliphatic heterocycles. The van der Waals surface area contributed by atoms with Crippen LogP contribution in [0.2, 0.25) is 0 Å². The van der Waals surface area contributed by atoms with Crippen molar-refractivity contribution in [2.75, 3.05) is 12.3 Å². The molecule has 0 fully saturated rings. The zero-order valence-corrected chi connectivity index (χ0v) is 10.3. The van der Waals surface area contributed by atoms with E-state index in [4.69, 9.17) is 5.73 Å². The smallest absolute Gasteiger partial charge is 0.244 e. The van der Waals surface area contributed by atoms with Crippen LogP contribution < -0.4 is 11.1 Å². The summed E-state index contributed by atoms with van der Waals surface area (Å²) in [4.78, 5) is 15.5. The summed E-state index contributed by atoms with van der Waals surface area (Å²) >= 11 is 0. The molecule has 1 aromatic carbocycles. The third-order valence-corrected chi connectivity index (χ3v) is 2.49. The van der Waals surface area contributed by atoms with Crippen molar-refractivity contribution in [2.24, 2.45) is 0 Å². The molecule has 0 aliphatic carbocycles. The molecule has 4 N–H and O–H groups in total. The molecule has 2 aromatic rings. The van der Waals surface area contributed by atoms with Gasteiger partial charge in [-0.1, -0.05) is 12.1 Å². The third kappa shape index (κ3) is 4.27. The van der Waals surface area contributed by atoms with Crippen molar-refractivity contribution in [3.05, 3.63) is 48.1 Å². The molecule has 1 heterocycles. The third-order valence-electron chi connectivity index (χ3n) is 2.49. The molecule has 19 heavy (non-hydrogen) atoms. The quantitative estimate of drug-likeness (QED) is 0.544. The summed E-state index contributed by atoms with van der Waals surface area (Å²) in [6.07, 6.45) is 5.30. The molecule has 0 aliphatic rings. The topological polar surface area (TPSA) is 96.7 Å². The summed E-state index contributed by atoms with van der Waals surface area (Å²) in [5.74, 6) is 0.610. The number of hydrogen-bond acceptors (Lipinski definition) is 4. The van der Waals surface area contributed by atoms with Gasteiger partial charge in [0.15, 0.2) is 0 Å². The zero-order chi connectivity index (χ0) is 13.5. The van der Waals surface area contributed by atoms with E-state index in [2.05, 4.69) is 20.5 Å². The van der Waals surface area contributed by atoms with E-state index < -0.39 is 0 Å². The number of aromatic nitrogens is 3. The Morgan fingerprint density at radius 3 is 2.84 bits per heavy atom. The lowest BCUT2D eigenvalue weighted by atomic mass is 10.2. The predicted octanol–water partition coefficient (Wildman–Crippen LogP) is 0.759. The van der Waals surface area contributed by atoms with Gasteiger partial charge in [0, 0.05) is 24.7 Å². The Bertz CT molecular complexity index is 545. The van der Waals surface area contributed by atoms with Crippen molar-refractivity contribution in [1.29, 1.82) is 0 Å². The lowest BCUT2D eigenvalue weighted by molar-refractivity contribution is -0.116. The standard InChI is InChI=1S/C13H15N5O/c14-11-4-1-10(2-5-11)3-6-13(19)15-8-7-12-16-9-17-18-12/h1-6,9H,7-8,14H2,(H,15,19)(H,16,17,18)/b6-3+. The van der Waals surface area contributed by atoms with E-state index in [1.165, 1.54) is 12.4 Å². The first-order chi connectivity index (χ1) is 9.24. The molecule has 6 nitrogen and oxygen atoms in total. The fourth-order valence-electron chi connectivity index (χ4n) is 1.49. The minimum Gasteiger partial charge on any atom is -0.399 e. The van der Waals surface area contributed by atoms with E-state index in [0.29, 0.717) is 18.7 Å². The molecule has 0 spiro atoms. The Hall–Kier alpha value is -2.63. The van der Waals surface area contributed by atoms with E-state index in [1.54, 1.807) is 18.2 Å². The van der Waals surface area contributed by atoms with Crippen molar-refractivity contribution in [3.8, 4) is 0 Å². The Morgan fingerprint density at radius 1 is 1.37 bits per heavy atom. The maximum atomic E-state index is 11.5. The maximum Gasteiger partial charge on any atom is 0.244 e. The van der Waals surface area contributed by atoms with Crippen LogP contribution in [0.3, 0.4) is 0 Å². The van der Waals surface area contributed by atoms with E-state index in [1.807, 2.05) is 12.1 Å². The van der Waals surface area contributed by atoms with Gasteiger partial charge in [-0.3, -0.25) is 9.89 Å². The van der Waals surface area contributed by atoms with E-state index in [-0.39, 0.29) is 5.91 Å². The summed E-state index contributed by atoms with van der Waals surface area (Å²) < 4.78 is 0. The maximum absolute atomic E-state index is 11.5. The highest BCUT2D eigenvalue weighted by molar-refractivity contribution is 5.91. The number of nitrogens with one attached hydrogen (secondary N) is 2. The van der Waals surface area contributed by atoms with Crippen LogP contribution in [0.15, 0.2) is 36.7 Å². The average Bonchev–Trinajstić information content (AvgIpc) is 2.91. The van der Waals surface area contributed by atoms with Crippen molar-refractivity contribution in [2.45, 2.75) is 6.42 Å². The SMILES string of the molecule is Nc1ccc(/C=C/C(=O)NCCc2ncn[nH]2)cc1. The van der Waals surface area contributed by atoms with Crippen molar-refractivity contribution in [3.63, 3.8) is 0 Å². The second kappa shape index (κ2) is 6.34. The predicted molar refractivity (Wildman–Crippen MR) is 73.0 cm³/mol. The zero-order valence-electron chi connectivity index (χ0n) is 10.3. The van der Waals surface area contributed by atoms with Crippen molar-refractivity contribution < 1.29 is 4.79 Å². The van der Waals surface area contributed by atoms with Gasteiger partial charge >= 0.3 is 0 Å². The average molecular weight is 257 g/mol. The molecule has 0 saturated heterocycles. The number of nitrogen functional groups attached to an aromatic ring is 1. The molecular weight excluding hydrogens is 242 g/mol. The molecule has 0 bridgehead atoms. The molecule has 1 amide bonds. The molecule has 1 aromatic heterocycles. The highest BCUT2D eigenvalue weighted by atomic mass is 16.1. The number of aromatic amines is 1. The fourth-order valence-corrected chi connectivity index (χ4v) is 1.49. The number of hydrogen-bond donors (Lipinski definition) is 3. The second-order valence-electron chi connectivity index (χ2n) is 3.97. The number of nitrogens with zero attached hydrogens (tertiary/aromatic N) is 2. The van der Waals surface area contributed by atoms with Crippen LogP contribution in [0, 0.1) is 0 Å². The number of rotatable bonds is 5. The lowest BCUT2D eigenvalue weighted by Gasteiger charge is -1.99. The first kappa shape index (κ1) is 12.8. The summed E-state index contributed by atoms with van der Waals surface area (Å²) in [5.41, 5.74) is 7.21. The van der Waals surface area contributed by atoms with Gasteiger partial charge in [0.2, 0.25) is 5.91 Å². The number of amides is 1. The molecule has 2 rings (SSSR count). The highest BCUT2D eigenvalue weighted by Gasteiger charge is 1.98. The van der Waals surface area contributed by atoms with E-state index >= 15 is 0 Å². The number of nitrogens with two attached hydrogens (primary N) is 1. The fraction of sp³-hybridized carbons (Fsp3) is 0.154. The van der Waals surface area contributed by atoms with Crippen molar-refractivity contribution >= 4 is 17.7 Å². The molecule has 0 atom stereocenters. The summed E-state index contributed by atoms with van der Waals surface area (Å²) in [5, 5.41) is 9.23. The largest absolute Gasteiger partial charge is 0.399 e. The van der Waals surface area contributed by atoms with Gasteiger partial charge in [0.25, 0.3) is 0 Å². The highest BCUT2D eigenvalue weighted by Crippen LogP contribution is 2.06. The molecule has 0 saturated carbocycles. The number of carbonyl (C=O) groups is 1. The van der Waals surface area contributed by atoms with Gasteiger partial charge in [0.05, 0.1) is 0 Å². The number of benzene rings is 1. The molecule has 98 valence electrons. The molecule has 6 heteroatoms. The van der Waals surface area contributed by atoms with Gasteiger partial charge in [0.1, 0.15) is 12.2 Å². The van der Waals surface area contributed by atoms with Crippen LogP contribution in [-0.2, 0) is 11.2 Å². The van der Waals surface area contributed by atoms with Gasteiger partial charge in [-0.25, -0.2) is 4.98 Å². The Labute approximate surface area is 110 Å². The minimum atomic E-state index is -0.142. The van der Waals surface area contributed by atoms with Crippen LogP contribution in [0.4, 0.5) is 5.69 Å². The molecule has 0 unspecified atom stereocenters. The Kier molecular flexibility index (Phi) is 4.28. The van der Waals surface area contributed by atoms with E-state index in [0.717, 1.165) is 11.4 Å². The van der Waals surface area contributed by atoms with Gasteiger partial charge in [-0.2, -0.15) is 5.10 Å². The van der Waals surface area contributed by atoms with Crippen LogP contribution in [0.25, 0.3) is 6.08 Å². The second-order valence-corrected chi connectivity index (χ2v) is 3.97. The van der Waals surface area contributed by atoms with E-state index in [9.17, 15) is 4.79 Å². The van der Waals surface area contributed by atoms with Gasteiger partial charge < -0.3 is 11.1 Å². The Balaban J connectivity index is 1.76. The molecule has 0 radical (unpaired) electrons. The van der Waals surface area contributed by atoms with Crippen LogP contribution in [0.1, 0.15) is 11.4 Å². The Morgan fingerprint density at radius 2 is 2.16 bits per heavy atom. The van der Waals surface area contributed by atoms with Crippen molar-refractivity contribution in [1.82, 2.24) is 20.5 Å². The van der Waals surface area contributed by atoms with Crippen LogP contribution in [0.5, 0.6) is 0 Å². The van der Waals surface area contributed by atoms with Crippen LogP contribution >= 0.6 is 0 Å². The first-order valence-corrected chi connectivity index (χ1v) is 5.90. The summed E-state index contributed by atoms with van der Waals surface area (Å²) in [7, 11) is 0. The number of carbonyl (C=O) groups excluding carboxylic acids is 1. The monoisotopic (exact) mass is 257 g/mol.